The van der Waals surface area contributed by atoms with Crippen LogP contribution in [-0.2, 0) is 4.79 Å². The van der Waals surface area contributed by atoms with E-state index in [0.29, 0.717) is 4.88 Å². The van der Waals surface area contributed by atoms with Gasteiger partial charge in [-0.2, -0.15) is 0 Å². The second kappa shape index (κ2) is 5.40. The van der Waals surface area contributed by atoms with Crippen molar-refractivity contribution < 1.29 is 9.59 Å². The van der Waals surface area contributed by atoms with E-state index >= 15 is 0 Å². The van der Waals surface area contributed by atoms with Crippen molar-refractivity contribution >= 4 is 39.1 Å². The summed E-state index contributed by atoms with van der Waals surface area (Å²) in [6, 6.07) is -0.121. The van der Waals surface area contributed by atoms with E-state index in [0.717, 1.165) is 29.3 Å². The number of nitrogens with one attached hydrogen (secondary N) is 1. The monoisotopic (exact) mass is 330 g/mol. The molecule has 1 aromatic rings. The van der Waals surface area contributed by atoms with E-state index < -0.39 is 0 Å². The Labute approximate surface area is 118 Å². The average molecular weight is 331 g/mol. The number of amides is 2. The third kappa shape index (κ3) is 2.59. The standard InChI is InChI=1S/C12H15BrN2O2S/c1-6-5-18-10(9(6)13)12(17)15-8-4-2-3-7(8)11(14)16/h5,7-8H,2-4H2,1H3,(H2,14,16)(H,15,17)/t7-,8+/m1/s1. The number of aryl methyl sites for hydroxylation is 1. The van der Waals surface area contributed by atoms with Crippen molar-refractivity contribution in [1.29, 1.82) is 0 Å². The molecule has 0 radical (unpaired) electrons. The average Bonchev–Trinajstić information content (AvgIpc) is 2.88. The van der Waals surface area contributed by atoms with E-state index in [1.54, 1.807) is 0 Å². The smallest absolute Gasteiger partial charge is 0.262 e. The van der Waals surface area contributed by atoms with Crippen LogP contribution < -0.4 is 11.1 Å². The fourth-order valence-corrected chi connectivity index (χ4v) is 3.86. The highest BCUT2D eigenvalue weighted by Gasteiger charge is 2.33. The Bertz CT molecular complexity index is 486. The Morgan fingerprint density at radius 3 is 2.78 bits per heavy atom. The molecule has 0 unspecified atom stereocenters. The molecule has 0 spiro atoms. The van der Waals surface area contributed by atoms with Crippen LogP contribution in [-0.4, -0.2) is 17.9 Å². The third-order valence-corrected chi connectivity index (χ3v) is 5.68. The maximum absolute atomic E-state index is 12.1. The van der Waals surface area contributed by atoms with Gasteiger partial charge in [0.1, 0.15) is 4.88 Å². The van der Waals surface area contributed by atoms with Crippen LogP contribution in [0, 0.1) is 12.8 Å². The number of rotatable bonds is 3. The third-order valence-electron chi connectivity index (χ3n) is 3.30. The van der Waals surface area contributed by atoms with Gasteiger partial charge in [0.25, 0.3) is 5.91 Å². The Balaban J connectivity index is 2.08. The number of thiophene rings is 1. The summed E-state index contributed by atoms with van der Waals surface area (Å²) in [5.41, 5.74) is 6.38. The summed E-state index contributed by atoms with van der Waals surface area (Å²) in [4.78, 5) is 24.0. The number of primary amides is 1. The molecule has 1 aliphatic rings. The minimum absolute atomic E-state index is 0.121. The van der Waals surface area contributed by atoms with Gasteiger partial charge in [0.15, 0.2) is 0 Å². The van der Waals surface area contributed by atoms with Crippen LogP contribution in [0.2, 0.25) is 0 Å². The highest BCUT2D eigenvalue weighted by atomic mass is 79.9. The molecule has 2 rings (SSSR count). The number of carbonyl (C=O) groups excluding carboxylic acids is 2. The molecule has 1 saturated carbocycles. The van der Waals surface area contributed by atoms with Gasteiger partial charge in [0, 0.05) is 10.5 Å². The van der Waals surface area contributed by atoms with Crippen LogP contribution in [0.4, 0.5) is 0 Å². The van der Waals surface area contributed by atoms with Crippen LogP contribution in [0.1, 0.15) is 34.5 Å². The molecule has 0 aliphatic heterocycles. The van der Waals surface area contributed by atoms with Crippen molar-refractivity contribution in [3.63, 3.8) is 0 Å². The van der Waals surface area contributed by atoms with E-state index in [2.05, 4.69) is 21.2 Å². The van der Waals surface area contributed by atoms with Crippen molar-refractivity contribution in [1.82, 2.24) is 5.32 Å². The predicted molar refractivity (Wildman–Crippen MR) is 74.5 cm³/mol. The molecular weight excluding hydrogens is 316 g/mol. The summed E-state index contributed by atoms with van der Waals surface area (Å²) in [6.45, 7) is 1.94. The SMILES string of the molecule is Cc1csc(C(=O)N[C@H]2CCC[C@H]2C(N)=O)c1Br. The first-order valence-electron chi connectivity index (χ1n) is 5.84. The first-order valence-corrected chi connectivity index (χ1v) is 7.51. The summed E-state index contributed by atoms with van der Waals surface area (Å²) in [6.07, 6.45) is 2.52. The lowest BCUT2D eigenvalue weighted by atomic mass is 10.0. The van der Waals surface area contributed by atoms with Gasteiger partial charge in [0.2, 0.25) is 5.91 Å². The molecule has 98 valence electrons. The van der Waals surface area contributed by atoms with Crippen LogP contribution in [0.25, 0.3) is 0 Å². The Kier molecular flexibility index (Phi) is 4.07. The van der Waals surface area contributed by atoms with Crippen LogP contribution in [0.3, 0.4) is 0 Å². The van der Waals surface area contributed by atoms with E-state index in [9.17, 15) is 9.59 Å². The molecule has 2 amide bonds. The minimum Gasteiger partial charge on any atom is -0.369 e. The fourth-order valence-electron chi connectivity index (χ4n) is 2.29. The molecule has 18 heavy (non-hydrogen) atoms. The van der Waals surface area contributed by atoms with Gasteiger partial charge in [-0.15, -0.1) is 11.3 Å². The zero-order valence-electron chi connectivity index (χ0n) is 10.0. The largest absolute Gasteiger partial charge is 0.369 e. The van der Waals surface area contributed by atoms with Gasteiger partial charge < -0.3 is 11.1 Å². The first-order chi connectivity index (χ1) is 8.50. The van der Waals surface area contributed by atoms with E-state index in [4.69, 9.17) is 5.73 Å². The number of hydrogen-bond donors (Lipinski definition) is 2. The van der Waals surface area contributed by atoms with Crippen molar-refractivity contribution in [2.75, 3.05) is 0 Å². The summed E-state index contributed by atoms with van der Waals surface area (Å²) in [5.74, 6) is -0.675. The molecule has 3 N–H and O–H groups in total. The van der Waals surface area contributed by atoms with E-state index in [1.807, 2.05) is 12.3 Å². The normalized spacial score (nSPS) is 23.0. The van der Waals surface area contributed by atoms with Crippen molar-refractivity contribution in [2.24, 2.45) is 11.7 Å². The van der Waals surface area contributed by atoms with Gasteiger partial charge in [-0.05, 0) is 46.6 Å². The second-order valence-electron chi connectivity index (χ2n) is 4.58. The quantitative estimate of drug-likeness (QED) is 0.891. The molecule has 1 heterocycles. The second-order valence-corrected chi connectivity index (χ2v) is 6.25. The molecule has 2 atom stereocenters. The molecule has 4 nitrogen and oxygen atoms in total. The maximum Gasteiger partial charge on any atom is 0.262 e. The number of halogens is 1. The summed E-state index contributed by atoms with van der Waals surface area (Å²) in [7, 11) is 0. The first kappa shape index (κ1) is 13.5. The van der Waals surface area contributed by atoms with Crippen LogP contribution >= 0.6 is 27.3 Å². The lowest BCUT2D eigenvalue weighted by molar-refractivity contribution is -0.122. The lowest BCUT2D eigenvalue weighted by Crippen LogP contribution is -2.42. The molecule has 1 fully saturated rings. The molecule has 1 aliphatic carbocycles. The summed E-state index contributed by atoms with van der Waals surface area (Å²) >= 11 is 4.80. The van der Waals surface area contributed by atoms with Crippen LogP contribution in [0.15, 0.2) is 9.85 Å². The highest BCUT2D eigenvalue weighted by molar-refractivity contribution is 9.10. The maximum atomic E-state index is 12.1. The van der Waals surface area contributed by atoms with E-state index in [1.165, 1.54) is 11.3 Å². The number of hydrogen-bond acceptors (Lipinski definition) is 3. The lowest BCUT2D eigenvalue weighted by Gasteiger charge is -2.17. The molecule has 0 saturated heterocycles. The van der Waals surface area contributed by atoms with Gasteiger partial charge >= 0.3 is 0 Å². The number of carbonyl (C=O) groups is 2. The van der Waals surface area contributed by atoms with E-state index in [-0.39, 0.29) is 23.8 Å². The topological polar surface area (TPSA) is 72.2 Å². The van der Waals surface area contributed by atoms with Crippen molar-refractivity contribution in [3.8, 4) is 0 Å². The van der Waals surface area contributed by atoms with Gasteiger partial charge in [-0.3, -0.25) is 9.59 Å². The highest BCUT2D eigenvalue weighted by Crippen LogP contribution is 2.29. The molecule has 6 heteroatoms. The zero-order chi connectivity index (χ0) is 13.3. The molecular formula is C12H15BrN2O2S. The summed E-state index contributed by atoms with van der Waals surface area (Å²) < 4.78 is 0.832. The number of nitrogens with two attached hydrogens (primary N) is 1. The van der Waals surface area contributed by atoms with Gasteiger partial charge in [-0.25, -0.2) is 0 Å². The van der Waals surface area contributed by atoms with Gasteiger partial charge in [0.05, 0.1) is 5.92 Å². The fraction of sp³-hybridized carbons (Fsp3) is 0.500. The zero-order valence-corrected chi connectivity index (χ0v) is 12.4. The van der Waals surface area contributed by atoms with Crippen LogP contribution in [0.5, 0.6) is 0 Å². The minimum atomic E-state index is -0.320. The molecule has 0 bridgehead atoms. The van der Waals surface area contributed by atoms with Crippen molar-refractivity contribution in [3.05, 3.63) is 20.3 Å². The Morgan fingerprint density at radius 2 is 2.22 bits per heavy atom. The van der Waals surface area contributed by atoms with Crippen molar-refractivity contribution in [2.45, 2.75) is 32.2 Å². The Morgan fingerprint density at radius 1 is 1.50 bits per heavy atom. The Hall–Kier alpha value is -0.880. The van der Waals surface area contributed by atoms with Gasteiger partial charge in [-0.1, -0.05) is 6.42 Å². The molecule has 0 aromatic carbocycles. The predicted octanol–water partition coefficient (Wildman–Crippen LogP) is 2.20. The molecule has 1 aromatic heterocycles. The summed E-state index contributed by atoms with van der Waals surface area (Å²) in [5, 5.41) is 4.85.